The molecule has 138 valence electrons. The van der Waals surface area contributed by atoms with Gasteiger partial charge < -0.3 is 15.8 Å². The Hall–Kier alpha value is -3.03. The molecule has 0 unspecified atom stereocenters. The molecule has 0 heterocycles. The number of esters is 1. The van der Waals surface area contributed by atoms with Crippen LogP contribution in [0.2, 0.25) is 0 Å². The van der Waals surface area contributed by atoms with Crippen LogP contribution < -0.4 is 11.1 Å². The van der Waals surface area contributed by atoms with Gasteiger partial charge in [0.25, 0.3) is 5.91 Å². The fourth-order valence-corrected chi connectivity index (χ4v) is 2.23. The van der Waals surface area contributed by atoms with Gasteiger partial charge in [-0.25, -0.2) is 0 Å². The smallest absolute Gasteiger partial charge is 0.416 e. The minimum Gasteiger partial charge on any atom is -0.461 e. The van der Waals surface area contributed by atoms with Gasteiger partial charge in [0, 0.05) is 29.4 Å². The number of carbonyl (C=O) groups excluding carboxylic acids is 2. The molecule has 2 aromatic carbocycles. The lowest BCUT2D eigenvalue weighted by Crippen LogP contribution is -2.15. The van der Waals surface area contributed by atoms with Crippen LogP contribution in [-0.2, 0) is 22.3 Å². The van der Waals surface area contributed by atoms with Crippen LogP contribution in [0.25, 0.3) is 0 Å². The second kappa shape index (κ2) is 7.47. The van der Waals surface area contributed by atoms with Crippen LogP contribution in [0.5, 0.6) is 0 Å². The zero-order chi connectivity index (χ0) is 19.5. The largest absolute Gasteiger partial charge is 0.461 e. The number of anilines is 2. The number of nitrogens with one attached hydrogen (secondary N) is 1. The third-order valence-corrected chi connectivity index (χ3v) is 3.64. The highest BCUT2D eigenvalue weighted by Gasteiger charge is 2.33. The van der Waals surface area contributed by atoms with Gasteiger partial charge in [-0.3, -0.25) is 9.59 Å². The summed E-state index contributed by atoms with van der Waals surface area (Å²) in [5.74, 6) is -1.22. The number of hydrogen-bond donors (Lipinski definition) is 2. The summed E-state index contributed by atoms with van der Waals surface area (Å²) >= 11 is 0. The average molecular weight is 366 g/mol. The number of ether oxygens (including phenoxy) is 1. The molecule has 0 saturated heterocycles. The van der Waals surface area contributed by atoms with E-state index < -0.39 is 30.2 Å². The fourth-order valence-electron chi connectivity index (χ4n) is 2.23. The first-order valence-corrected chi connectivity index (χ1v) is 7.59. The van der Waals surface area contributed by atoms with Gasteiger partial charge in [-0.15, -0.1) is 0 Å². The van der Waals surface area contributed by atoms with E-state index in [9.17, 15) is 22.8 Å². The Kier molecular flexibility index (Phi) is 5.54. The topological polar surface area (TPSA) is 81.4 Å². The number of halogens is 3. The molecule has 0 atom stereocenters. The Morgan fingerprint density at radius 1 is 1.15 bits per heavy atom. The van der Waals surface area contributed by atoms with Crippen molar-refractivity contribution in [1.29, 1.82) is 0 Å². The number of rotatable bonds is 4. The second-order valence-corrected chi connectivity index (χ2v) is 5.68. The number of aryl methyl sites for hydroxylation is 1. The molecule has 0 saturated carbocycles. The molecule has 3 N–H and O–H groups in total. The summed E-state index contributed by atoms with van der Waals surface area (Å²) in [6, 6.07) is 7.80. The molecular weight excluding hydrogens is 349 g/mol. The first-order valence-electron chi connectivity index (χ1n) is 7.59. The van der Waals surface area contributed by atoms with Gasteiger partial charge >= 0.3 is 12.1 Å². The average Bonchev–Trinajstić information content (AvgIpc) is 2.54. The highest BCUT2D eigenvalue weighted by molar-refractivity contribution is 6.04. The van der Waals surface area contributed by atoms with E-state index in [1.807, 2.05) is 0 Å². The van der Waals surface area contributed by atoms with Crippen LogP contribution in [0.4, 0.5) is 24.5 Å². The Bertz CT molecular complexity index is 848. The lowest BCUT2D eigenvalue weighted by Gasteiger charge is -2.15. The minimum atomic E-state index is -4.61. The highest BCUT2D eigenvalue weighted by atomic mass is 19.4. The van der Waals surface area contributed by atoms with Gasteiger partial charge in [0.05, 0.1) is 5.56 Å². The van der Waals surface area contributed by atoms with Gasteiger partial charge in [-0.2, -0.15) is 13.2 Å². The summed E-state index contributed by atoms with van der Waals surface area (Å²) in [4.78, 5) is 23.2. The van der Waals surface area contributed by atoms with E-state index in [4.69, 9.17) is 5.73 Å². The molecule has 0 spiro atoms. The maximum Gasteiger partial charge on any atom is 0.416 e. The van der Waals surface area contributed by atoms with Crippen molar-refractivity contribution < 1.29 is 27.5 Å². The van der Waals surface area contributed by atoms with Gasteiger partial charge in [0.1, 0.15) is 6.61 Å². The summed E-state index contributed by atoms with van der Waals surface area (Å²) in [7, 11) is 0. The van der Waals surface area contributed by atoms with Crippen molar-refractivity contribution in [2.45, 2.75) is 26.6 Å². The van der Waals surface area contributed by atoms with E-state index in [-0.39, 0.29) is 16.8 Å². The van der Waals surface area contributed by atoms with Gasteiger partial charge in [0.2, 0.25) is 0 Å². The number of alkyl halides is 3. The Labute approximate surface area is 148 Å². The van der Waals surface area contributed by atoms with Gasteiger partial charge in [0.15, 0.2) is 0 Å². The molecule has 8 heteroatoms. The molecular formula is C18H17F3N2O3. The van der Waals surface area contributed by atoms with Crippen LogP contribution >= 0.6 is 0 Å². The van der Waals surface area contributed by atoms with Crippen molar-refractivity contribution in [3.05, 3.63) is 58.7 Å². The van der Waals surface area contributed by atoms with E-state index in [1.165, 1.54) is 6.07 Å². The molecule has 26 heavy (non-hydrogen) atoms. The number of amides is 1. The van der Waals surface area contributed by atoms with Crippen LogP contribution in [0.1, 0.15) is 34.0 Å². The van der Waals surface area contributed by atoms with Gasteiger partial charge in [-0.1, -0.05) is 6.07 Å². The van der Waals surface area contributed by atoms with Crippen molar-refractivity contribution in [3.8, 4) is 0 Å². The molecule has 2 aromatic rings. The zero-order valence-electron chi connectivity index (χ0n) is 14.1. The van der Waals surface area contributed by atoms with Crippen molar-refractivity contribution in [3.63, 3.8) is 0 Å². The quantitative estimate of drug-likeness (QED) is 0.635. The Morgan fingerprint density at radius 3 is 2.42 bits per heavy atom. The molecule has 5 nitrogen and oxygen atoms in total. The van der Waals surface area contributed by atoms with Crippen LogP contribution in [0.15, 0.2) is 36.4 Å². The molecule has 1 amide bonds. The normalized spacial score (nSPS) is 11.1. The van der Waals surface area contributed by atoms with E-state index >= 15 is 0 Å². The molecule has 0 aliphatic carbocycles. The first kappa shape index (κ1) is 19.3. The predicted octanol–water partition coefficient (Wildman–Crippen LogP) is 3.91. The Morgan fingerprint density at radius 2 is 1.85 bits per heavy atom. The van der Waals surface area contributed by atoms with Crippen molar-refractivity contribution in [2.24, 2.45) is 0 Å². The molecule has 0 bridgehead atoms. The van der Waals surface area contributed by atoms with Crippen LogP contribution in [0.3, 0.4) is 0 Å². The third kappa shape index (κ3) is 4.75. The molecule has 0 aliphatic rings. The fraction of sp³-hybridized carbons (Fsp3) is 0.222. The van der Waals surface area contributed by atoms with E-state index in [2.05, 4.69) is 10.1 Å². The van der Waals surface area contributed by atoms with E-state index in [0.717, 1.165) is 30.7 Å². The summed E-state index contributed by atoms with van der Waals surface area (Å²) < 4.78 is 43.9. The number of carbonyl (C=O) groups is 2. The summed E-state index contributed by atoms with van der Waals surface area (Å²) in [5, 5.41) is 2.51. The molecule has 0 aromatic heterocycles. The summed E-state index contributed by atoms with van der Waals surface area (Å²) in [5.41, 5.74) is 6.22. The number of nitrogens with two attached hydrogens (primary N) is 1. The summed E-state index contributed by atoms with van der Waals surface area (Å²) in [6.45, 7) is 2.33. The SMILES string of the molecule is CC(=O)OCc1cc(NC(=O)c2ccc(C)c(N)c2)ccc1C(F)(F)F. The molecule has 0 radical (unpaired) electrons. The highest BCUT2D eigenvalue weighted by Crippen LogP contribution is 2.34. The third-order valence-electron chi connectivity index (χ3n) is 3.64. The standard InChI is InChI=1S/C18H17F3N2O3/c1-10-3-4-12(8-16(10)22)17(25)23-14-5-6-15(18(19,20)21)13(7-14)9-26-11(2)24/h3-8H,9,22H2,1-2H3,(H,23,25). The first-order chi connectivity index (χ1) is 12.1. The van der Waals surface area contributed by atoms with Crippen LogP contribution in [0, 0.1) is 6.92 Å². The molecule has 2 rings (SSSR count). The lowest BCUT2D eigenvalue weighted by atomic mass is 10.1. The van der Waals surface area contributed by atoms with Crippen LogP contribution in [-0.4, -0.2) is 11.9 Å². The van der Waals surface area contributed by atoms with E-state index in [1.54, 1.807) is 19.1 Å². The van der Waals surface area contributed by atoms with Gasteiger partial charge in [-0.05, 0) is 42.8 Å². The Balaban J connectivity index is 2.28. The van der Waals surface area contributed by atoms with E-state index in [0.29, 0.717) is 5.69 Å². The second-order valence-electron chi connectivity index (χ2n) is 5.68. The maximum absolute atomic E-state index is 13.1. The lowest BCUT2D eigenvalue weighted by molar-refractivity contribution is -0.145. The monoisotopic (exact) mass is 366 g/mol. The molecule has 0 aliphatic heterocycles. The number of benzene rings is 2. The minimum absolute atomic E-state index is 0.143. The van der Waals surface area contributed by atoms with Crippen molar-refractivity contribution in [1.82, 2.24) is 0 Å². The number of nitrogen functional groups attached to an aromatic ring is 1. The summed E-state index contributed by atoms with van der Waals surface area (Å²) in [6.07, 6.45) is -4.61. The van der Waals surface area contributed by atoms with Crippen molar-refractivity contribution >= 4 is 23.3 Å². The predicted molar refractivity (Wildman–Crippen MR) is 90.5 cm³/mol. The molecule has 0 fully saturated rings. The number of hydrogen-bond acceptors (Lipinski definition) is 4. The zero-order valence-corrected chi connectivity index (χ0v) is 14.1. The maximum atomic E-state index is 13.1. The van der Waals surface area contributed by atoms with Crippen molar-refractivity contribution in [2.75, 3.05) is 11.1 Å².